The fourth-order valence-corrected chi connectivity index (χ4v) is 1.61. The number of rotatable bonds is 5. The Morgan fingerprint density at radius 2 is 2.11 bits per heavy atom. The van der Waals surface area contributed by atoms with Gasteiger partial charge in [-0.1, -0.05) is 13.8 Å². The number of halogens is 1. The summed E-state index contributed by atoms with van der Waals surface area (Å²) >= 11 is 5.58. The molecule has 0 bridgehead atoms. The maximum Gasteiger partial charge on any atom is 0.305 e. The van der Waals surface area contributed by atoms with Crippen molar-refractivity contribution in [2.45, 2.75) is 32.7 Å². The molecule has 0 saturated heterocycles. The minimum absolute atomic E-state index is 0.0389. The first-order chi connectivity index (χ1) is 8.24. The van der Waals surface area contributed by atoms with E-state index in [2.05, 4.69) is 5.32 Å². The first-order valence-electron chi connectivity index (χ1n) is 5.54. The first kappa shape index (κ1) is 14.6. The molecule has 100 valence electrons. The van der Waals surface area contributed by atoms with Crippen molar-refractivity contribution in [1.82, 2.24) is 5.32 Å². The van der Waals surface area contributed by atoms with Crippen LogP contribution in [0.25, 0.3) is 0 Å². The number of hydrogen-bond donors (Lipinski definition) is 2. The zero-order chi connectivity index (χ0) is 13.9. The Bertz CT molecular complexity index is 455. The van der Waals surface area contributed by atoms with E-state index in [0.29, 0.717) is 0 Å². The predicted octanol–water partition coefficient (Wildman–Crippen LogP) is 2.55. The van der Waals surface area contributed by atoms with Crippen molar-refractivity contribution in [3.8, 4) is 0 Å². The van der Waals surface area contributed by atoms with Crippen molar-refractivity contribution in [2.75, 3.05) is 0 Å². The zero-order valence-electron chi connectivity index (χ0n) is 10.5. The van der Waals surface area contributed by atoms with Crippen molar-refractivity contribution in [1.29, 1.82) is 0 Å². The van der Waals surface area contributed by atoms with Crippen LogP contribution in [0.4, 0.5) is 0 Å². The van der Waals surface area contributed by atoms with E-state index in [9.17, 15) is 9.59 Å². The van der Waals surface area contributed by atoms with Gasteiger partial charge >= 0.3 is 5.97 Å². The van der Waals surface area contributed by atoms with E-state index < -0.39 is 17.4 Å². The lowest BCUT2D eigenvalue weighted by atomic mass is 9.85. The third-order valence-electron chi connectivity index (χ3n) is 2.99. The predicted molar refractivity (Wildman–Crippen MR) is 66.7 cm³/mol. The number of nitrogens with one attached hydrogen (secondary N) is 1. The van der Waals surface area contributed by atoms with Crippen LogP contribution in [0.3, 0.4) is 0 Å². The number of carbonyl (C=O) groups excluding carboxylic acids is 1. The molecule has 18 heavy (non-hydrogen) atoms. The van der Waals surface area contributed by atoms with E-state index in [1.54, 1.807) is 6.92 Å². The topological polar surface area (TPSA) is 79.5 Å². The molecule has 1 atom stereocenters. The highest BCUT2D eigenvalue weighted by Gasteiger charge is 2.33. The van der Waals surface area contributed by atoms with Crippen LogP contribution in [0.1, 0.15) is 37.7 Å². The van der Waals surface area contributed by atoms with E-state index in [1.807, 2.05) is 13.8 Å². The summed E-state index contributed by atoms with van der Waals surface area (Å²) in [6, 6.07) is 2.90. The molecule has 0 aromatic carbocycles. The largest absolute Gasteiger partial charge is 0.481 e. The molecule has 1 aromatic heterocycles. The van der Waals surface area contributed by atoms with E-state index in [-0.39, 0.29) is 23.3 Å². The van der Waals surface area contributed by atoms with Gasteiger partial charge in [-0.15, -0.1) is 0 Å². The highest BCUT2D eigenvalue weighted by Crippen LogP contribution is 2.22. The van der Waals surface area contributed by atoms with Crippen LogP contribution in [-0.2, 0) is 4.79 Å². The number of carbonyl (C=O) groups is 2. The normalized spacial score (nSPS) is 14.3. The standard InChI is InChI=1S/C12H16ClNO4/c1-7(2)12(3,6-10(15)16)14-11(17)8-4-5-9(13)18-8/h4-5,7H,6H2,1-3H3,(H,14,17)(H,15,16). The number of furan rings is 1. The Kier molecular flexibility index (Phi) is 4.40. The van der Waals surface area contributed by atoms with Gasteiger partial charge in [0.25, 0.3) is 5.91 Å². The Labute approximate surface area is 110 Å². The van der Waals surface area contributed by atoms with Gasteiger partial charge < -0.3 is 14.8 Å². The lowest BCUT2D eigenvalue weighted by Gasteiger charge is -2.33. The van der Waals surface area contributed by atoms with Crippen LogP contribution in [0.5, 0.6) is 0 Å². The van der Waals surface area contributed by atoms with Gasteiger partial charge in [0, 0.05) is 0 Å². The molecule has 0 aliphatic rings. The lowest BCUT2D eigenvalue weighted by molar-refractivity contribution is -0.138. The Balaban J connectivity index is 2.84. The van der Waals surface area contributed by atoms with Gasteiger partial charge in [-0.2, -0.15) is 0 Å². The van der Waals surface area contributed by atoms with Gasteiger partial charge in [0.05, 0.1) is 12.0 Å². The van der Waals surface area contributed by atoms with Crippen molar-refractivity contribution < 1.29 is 19.1 Å². The van der Waals surface area contributed by atoms with Gasteiger partial charge in [-0.25, -0.2) is 0 Å². The fraction of sp³-hybridized carbons (Fsp3) is 0.500. The van der Waals surface area contributed by atoms with Crippen molar-refractivity contribution in [2.24, 2.45) is 5.92 Å². The average Bonchev–Trinajstić information content (AvgIpc) is 2.63. The van der Waals surface area contributed by atoms with E-state index in [1.165, 1.54) is 12.1 Å². The minimum Gasteiger partial charge on any atom is -0.481 e. The highest BCUT2D eigenvalue weighted by molar-refractivity contribution is 6.29. The third kappa shape index (κ3) is 3.50. The maximum absolute atomic E-state index is 11.9. The molecule has 2 N–H and O–H groups in total. The molecule has 1 amide bonds. The highest BCUT2D eigenvalue weighted by atomic mass is 35.5. The van der Waals surface area contributed by atoms with Gasteiger partial charge in [0.2, 0.25) is 0 Å². The molecular weight excluding hydrogens is 258 g/mol. The van der Waals surface area contributed by atoms with E-state index in [0.717, 1.165) is 0 Å². The van der Waals surface area contributed by atoms with Gasteiger partial charge in [-0.05, 0) is 36.6 Å². The Hall–Kier alpha value is -1.49. The van der Waals surface area contributed by atoms with Crippen LogP contribution >= 0.6 is 11.6 Å². The number of amides is 1. The zero-order valence-corrected chi connectivity index (χ0v) is 11.2. The average molecular weight is 274 g/mol. The summed E-state index contributed by atoms with van der Waals surface area (Å²) in [5, 5.41) is 11.7. The van der Waals surface area contributed by atoms with Crippen molar-refractivity contribution in [3.63, 3.8) is 0 Å². The maximum atomic E-state index is 11.9. The third-order valence-corrected chi connectivity index (χ3v) is 3.19. The van der Waals surface area contributed by atoms with Gasteiger partial charge in [0.15, 0.2) is 11.0 Å². The molecular formula is C12H16ClNO4. The molecule has 0 aliphatic heterocycles. The number of carboxylic acids is 1. The quantitative estimate of drug-likeness (QED) is 0.864. The smallest absolute Gasteiger partial charge is 0.305 e. The number of aliphatic carboxylic acids is 1. The molecule has 1 heterocycles. The van der Waals surface area contributed by atoms with Gasteiger partial charge in [0.1, 0.15) is 0 Å². The number of hydrogen-bond acceptors (Lipinski definition) is 3. The molecule has 0 fully saturated rings. The number of carboxylic acid groups (broad SMARTS) is 1. The molecule has 6 heteroatoms. The first-order valence-corrected chi connectivity index (χ1v) is 5.92. The summed E-state index contributed by atoms with van der Waals surface area (Å²) in [6.07, 6.45) is -0.162. The van der Waals surface area contributed by atoms with Gasteiger partial charge in [-0.3, -0.25) is 9.59 Å². The summed E-state index contributed by atoms with van der Waals surface area (Å²) < 4.78 is 4.98. The van der Waals surface area contributed by atoms with Crippen LogP contribution in [0.15, 0.2) is 16.5 Å². The summed E-state index contributed by atoms with van der Waals surface area (Å²) in [5.41, 5.74) is -0.845. The molecule has 1 unspecified atom stereocenters. The summed E-state index contributed by atoms with van der Waals surface area (Å²) in [6.45, 7) is 5.38. The summed E-state index contributed by atoms with van der Waals surface area (Å²) in [7, 11) is 0. The van der Waals surface area contributed by atoms with Crippen LogP contribution in [0.2, 0.25) is 5.22 Å². The molecule has 1 aromatic rings. The van der Waals surface area contributed by atoms with Crippen LogP contribution in [0, 0.1) is 5.92 Å². The molecule has 0 radical (unpaired) electrons. The van der Waals surface area contributed by atoms with E-state index in [4.69, 9.17) is 21.1 Å². The molecule has 0 aliphatic carbocycles. The van der Waals surface area contributed by atoms with Crippen molar-refractivity contribution >= 4 is 23.5 Å². The second kappa shape index (κ2) is 5.44. The molecule has 0 spiro atoms. The molecule has 1 rings (SSSR count). The Morgan fingerprint density at radius 1 is 1.50 bits per heavy atom. The minimum atomic E-state index is -0.969. The van der Waals surface area contributed by atoms with Crippen LogP contribution in [-0.4, -0.2) is 22.5 Å². The second-order valence-corrected chi connectivity index (χ2v) is 5.07. The molecule has 0 saturated carbocycles. The van der Waals surface area contributed by atoms with Crippen LogP contribution < -0.4 is 5.32 Å². The summed E-state index contributed by atoms with van der Waals surface area (Å²) in [4.78, 5) is 22.7. The van der Waals surface area contributed by atoms with E-state index >= 15 is 0 Å². The molecule has 5 nitrogen and oxygen atoms in total. The monoisotopic (exact) mass is 273 g/mol. The fourth-order valence-electron chi connectivity index (χ4n) is 1.46. The summed E-state index contributed by atoms with van der Waals surface area (Å²) in [5.74, 6) is -1.41. The SMILES string of the molecule is CC(C)C(C)(CC(=O)O)NC(=O)c1ccc(Cl)o1. The van der Waals surface area contributed by atoms with Crippen molar-refractivity contribution in [3.05, 3.63) is 23.1 Å². The Morgan fingerprint density at radius 3 is 2.50 bits per heavy atom. The second-order valence-electron chi connectivity index (χ2n) is 4.70. The lowest BCUT2D eigenvalue weighted by Crippen LogP contribution is -2.51.